The third kappa shape index (κ3) is 4.01. The van der Waals surface area contributed by atoms with Crippen LogP contribution in [0.1, 0.15) is 16.8 Å². The summed E-state index contributed by atoms with van der Waals surface area (Å²) >= 11 is 5.60. The molecule has 0 aliphatic rings. The second-order valence-electron chi connectivity index (χ2n) is 3.24. The van der Waals surface area contributed by atoms with Crippen molar-refractivity contribution in [1.29, 1.82) is 0 Å². The number of carboxylic acids is 1. The Morgan fingerprint density at radius 1 is 1.53 bits per heavy atom. The smallest absolute Gasteiger partial charge is 0.326 e. The van der Waals surface area contributed by atoms with Crippen LogP contribution in [0.4, 0.5) is 0 Å². The summed E-state index contributed by atoms with van der Waals surface area (Å²) in [4.78, 5) is 26.1. The van der Waals surface area contributed by atoms with Gasteiger partial charge in [0.1, 0.15) is 11.2 Å². The molecule has 0 saturated carbocycles. The van der Waals surface area contributed by atoms with Gasteiger partial charge in [-0.15, -0.1) is 0 Å². The maximum atomic E-state index is 11.6. The first-order valence-electron chi connectivity index (χ1n) is 4.80. The fraction of sp³-hybridized carbons (Fsp3) is 0.300. The van der Waals surface area contributed by atoms with E-state index in [1.807, 2.05) is 0 Å². The third-order valence-electron chi connectivity index (χ3n) is 2.01. The van der Waals surface area contributed by atoms with Crippen molar-refractivity contribution < 1.29 is 19.8 Å². The van der Waals surface area contributed by atoms with Crippen LogP contribution in [0.2, 0.25) is 5.15 Å². The maximum Gasteiger partial charge on any atom is 0.326 e. The molecule has 1 heterocycles. The summed E-state index contributed by atoms with van der Waals surface area (Å²) in [6.07, 6.45) is 1.29. The number of aliphatic hydroxyl groups is 1. The largest absolute Gasteiger partial charge is 0.480 e. The molecule has 0 bridgehead atoms. The van der Waals surface area contributed by atoms with E-state index in [1.165, 1.54) is 18.3 Å². The Kier molecular flexibility index (Phi) is 4.86. The predicted molar refractivity (Wildman–Crippen MR) is 59.8 cm³/mol. The zero-order valence-corrected chi connectivity index (χ0v) is 9.52. The number of carbonyl (C=O) groups excluding carboxylic acids is 1. The van der Waals surface area contributed by atoms with E-state index >= 15 is 0 Å². The number of carboxylic acid groups (broad SMARTS) is 1. The van der Waals surface area contributed by atoms with Gasteiger partial charge in [0.2, 0.25) is 0 Å². The van der Waals surface area contributed by atoms with Crippen LogP contribution >= 0.6 is 11.6 Å². The van der Waals surface area contributed by atoms with Gasteiger partial charge in [0.15, 0.2) is 0 Å². The molecule has 0 fully saturated rings. The molecule has 0 radical (unpaired) electrons. The Bertz CT molecular complexity index is 425. The molecule has 6 nitrogen and oxygen atoms in total. The topological polar surface area (TPSA) is 99.5 Å². The highest BCUT2D eigenvalue weighted by molar-refractivity contribution is 6.29. The van der Waals surface area contributed by atoms with Gasteiger partial charge < -0.3 is 15.5 Å². The molecule has 1 aromatic heterocycles. The normalized spacial score (nSPS) is 11.9. The zero-order valence-electron chi connectivity index (χ0n) is 8.76. The van der Waals surface area contributed by atoms with Crippen molar-refractivity contribution in [2.45, 2.75) is 12.5 Å². The van der Waals surface area contributed by atoms with E-state index in [2.05, 4.69) is 10.3 Å². The van der Waals surface area contributed by atoms with Gasteiger partial charge in [-0.25, -0.2) is 9.78 Å². The van der Waals surface area contributed by atoms with Gasteiger partial charge in [0, 0.05) is 24.8 Å². The number of hydrogen-bond acceptors (Lipinski definition) is 4. The molecule has 0 aliphatic carbocycles. The average molecular weight is 259 g/mol. The Morgan fingerprint density at radius 3 is 2.76 bits per heavy atom. The molecule has 0 aliphatic heterocycles. The van der Waals surface area contributed by atoms with Crippen molar-refractivity contribution >= 4 is 23.5 Å². The lowest BCUT2D eigenvalue weighted by Crippen LogP contribution is -2.41. The van der Waals surface area contributed by atoms with Crippen LogP contribution in [-0.4, -0.2) is 39.7 Å². The third-order valence-corrected chi connectivity index (χ3v) is 2.22. The minimum atomic E-state index is -1.20. The van der Waals surface area contributed by atoms with Gasteiger partial charge in [-0.2, -0.15) is 0 Å². The van der Waals surface area contributed by atoms with Crippen LogP contribution in [0.15, 0.2) is 18.3 Å². The quantitative estimate of drug-likeness (QED) is 0.660. The number of nitrogens with zero attached hydrogens (tertiary/aromatic N) is 1. The highest BCUT2D eigenvalue weighted by atomic mass is 35.5. The van der Waals surface area contributed by atoms with E-state index in [-0.39, 0.29) is 23.7 Å². The summed E-state index contributed by atoms with van der Waals surface area (Å²) in [5.41, 5.74) is 0.217. The lowest BCUT2D eigenvalue weighted by atomic mass is 10.2. The van der Waals surface area contributed by atoms with Crippen LogP contribution in [0, 0.1) is 0 Å². The SMILES string of the molecule is O=C(N[C@H](CCO)C(=O)O)c1ccnc(Cl)c1. The number of carbonyl (C=O) groups is 2. The molecule has 1 rings (SSSR count). The molecule has 0 spiro atoms. The number of nitrogens with one attached hydrogen (secondary N) is 1. The monoisotopic (exact) mass is 258 g/mol. The molecular formula is C10H11ClN2O4. The number of rotatable bonds is 5. The van der Waals surface area contributed by atoms with Crippen molar-refractivity contribution in [3.8, 4) is 0 Å². The van der Waals surface area contributed by atoms with Crippen molar-refractivity contribution in [2.24, 2.45) is 0 Å². The first-order chi connectivity index (χ1) is 8.04. The number of aliphatic hydroxyl groups excluding tert-OH is 1. The van der Waals surface area contributed by atoms with Crippen LogP contribution in [0.25, 0.3) is 0 Å². The second-order valence-corrected chi connectivity index (χ2v) is 3.63. The number of amides is 1. The molecule has 7 heteroatoms. The van der Waals surface area contributed by atoms with Gasteiger partial charge in [0.25, 0.3) is 5.91 Å². The summed E-state index contributed by atoms with van der Waals surface area (Å²) in [6, 6.07) is 1.62. The first kappa shape index (κ1) is 13.4. The standard InChI is InChI=1S/C10H11ClN2O4/c11-8-5-6(1-3-12-8)9(15)13-7(2-4-14)10(16)17/h1,3,5,7,14H,2,4H2,(H,13,15)(H,16,17)/t7-/m1/s1. The first-order valence-corrected chi connectivity index (χ1v) is 5.18. The summed E-state index contributed by atoms with van der Waals surface area (Å²) in [5, 5.41) is 19.9. The molecule has 1 aromatic rings. The van der Waals surface area contributed by atoms with Gasteiger partial charge in [-0.05, 0) is 12.1 Å². The molecule has 1 atom stereocenters. The Hall–Kier alpha value is -1.66. The molecule has 92 valence electrons. The van der Waals surface area contributed by atoms with Crippen molar-refractivity contribution in [3.05, 3.63) is 29.0 Å². The van der Waals surface area contributed by atoms with Crippen molar-refractivity contribution in [1.82, 2.24) is 10.3 Å². The molecule has 0 aromatic carbocycles. The number of pyridine rings is 1. The highest BCUT2D eigenvalue weighted by Gasteiger charge is 2.20. The molecule has 1 amide bonds. The van der Waals surface area contributed by atoms with Crippen LogP contribution in [0.3, 0.4) is 0 Å². The van der Waals surface area contributed by atoms with E-state index in [1.54, 1.807) is 0 Å². The number of aliphatic carboxylic acids is 1. The van der Waals surface area contributed by atoms with Crippen molar-refractivity contribution in [3.63, 3.8) is 0 Å². The fourth-order valence-electron chi connectivity index (χ4n) is 1.17. The Labute approximate surface area is 102 Å². The van der Waals surface area contributed by atoms with E-state index in [4.69, 9.17) is 21.8 Å². The van der Waals surface area contributed by atoms with Crippen molar-refractivity contribution in [2.75, 3.05) is 6.61 Å². The van der Waals surface area contributed by atoms with Gasteiger partial charge in [-0.1, -0.05) is 11.6 Å². The maximum absolute atomic E-state index is 11.6. The Morgan fingerprint density at radius 2 is 2.24 bits per heavy atom. The van der Waals surface area contributed by atoms with E-state index in [0.29, 0.717) is 0 Å². The number of halogens is 1. The number of aromatic nitrogens is 1. The summed E-state index contributed by atoms with van der Waals surface area (Å²) in [6.45, 7) is -0.325. The summed E-state index contributed by atoms with van der Waals surface area (Å²) < 4.78 is 0. The van der Waals surface area contributed by atoms with E-state index in [9.17, 15) is 9.59 Å². The fourth-order valence-corrected chi connectivity index (χ4v) is 1.35. The summed E-state index contributed by atoms with van der Waals surface area (Å²) in [7, 11) is 0. The van der Waals surface area contributed by atoms with E-state index < -0.39 is 17.9 Å². The average Bonchev–Trinajstić information content (AvgIpc) is 2.28. The molecular weight excluding hydrogens is 248 g/mol. The predicted octanol–water partition coefficient (Wildman–Crippen LogP) is 0.300. The van der Waals surface area contributed by atoms with E-state index in [0.717, 1.165) is 0 Å². The zero-order chi connectivity index (χ0) is 12.8. The lowest BCUT2D eigenvalue weighted by Gasteiger charge is -2.13. The lowest BCUT2D eigenvalue weighted by molar-refractivity contribution is -0.139. The van der Waals surface area contributed by atoms with Crippen LogP contribution in [0.5, 0.6) is 0 Å². The van der Waals surface area contributed by atoms with Gasteiger partial charge >= 0.3 is 5.97 Å². The Balaban J connectivity index is 2.73. The second kappa shape index (κ2) is 6.17. The minimum absolute atomic E-state index is 0.0557. The van der Waals surface area contributed by atoms with Crippen LogP contribution in [-0.2, 0) is 4.79 Å². The highest BCUT2D eigenvalue weighted by Crippen LogP contribution is 2.07. The van der Waals surface area contributed by atoms with Gasteiger partial charge in [0.05, 0.1) is 0 Å². The number of hydrogen-bond donors (Lipinski definition) is 3. The molecule has 0 unspecified atom stereocenters. The molecule has 0 saturated heterocycles. The van der Waals surface area contributed by atoms with Gasteiger partial charge in [-0.3, -0.25) is 4.79 Å². The molecule has 3 N–H and O–H groups in total. The minimum Gasteiger partial charge on any atom is -0.480 e. The summed E-state index contributed by atoms with van der Waals surface area (Å²) in [5.74, 6) is -1.78. The molecule has 17 heavy (non-hydrogen) atoms. The van der Waals surface area contributed by atoms with Crippen LogP contribution < -0.4 is 5.32 Å².